The molecule has 216 valence electrons. The van der Waals surface area contributed by atoms with Gasteiger partial charge in [-0.2, -0.15) is 0 Å². The first kappa shape index (κ1) is 31.8. The number of nitrogens with one attached hydrogen (secondary N) is 1. The largest absolute Gasteiger partial charge is 0.492 e. The number of benzene rings is 2. The van der Waals surface area contributed by atoms with Gasteiger partial charge in [0, 0.05) is 44.2 Å². The Labute approximate surface area is 224 Å². The van der Waals surface area contributed by atoms with Crippen molar-refractivity contribution < 1.29 is 46.5 Å². The summed E-state index contributed by atoms with van der Waals surface area (Å²) in [5.74, 6) is -4.96. The molecule has 2 rings (SSSR count). The van der Waals surface area contributed by atoms with Crippen LogP contribution < -0.4 is 10.1 Å². The summed E-state index contributed by atoms with van der Waals surface area (Å²) in [6.45, 7) is 2.62. The van der Waals surface area contributed by atoms with Crippen molar-refractivity contribution in [3.8, 4) is 5.75 Å². The Kier molecular flexibility index (Phi) is 13.0. The summed E-state index contributed by atoms with van der Waals surface area (Å²) >= 11 is 0. The van der Waals surface area contributed by atoms with E-state index >= 15 is 0 Å². The van der Waals surface area contributed by atoms with Crippen molar-refractivity contribution in [2.75, 3.05) is 39.5 Å². The molecule has 2 aromatic carbocycles. The van der Waals surface area contributed by atoms with Crippen LogP contribution in [0.2, 0.25) is 0 Å². The number of nitrogens with zero attached hydrogens (tertiary/aromatic N) is 1. The summed E-state index contributed by atoms with van der Waals surface area (Å²) in [5.41, 5.74) is 0.837. The van der Waals surface area contributed by atoms with Gasteiger partial charge in [0.25, 0.3) is 0 Å². The van der Waals surface area contributed by atoms with Crippen molar-refractivity contribution in [3.63, 3.8) is 0 Å². The Morgan fingerprint density at radius 1 is 1.05 bits per heavy atom. The van der Waals surface area contributed by atoms with Crippen molar-refractivity contribution in [2.45, 2.75) is 45.3 Å². The van der Waals surface area contributed by atoms with Crippen molar-refractivity contribution >= 4 is 12.0 Å². The number of rotatable bonds is 17. The third-order valence-corrected chi connectivity index (χ3v) is 5.54. The fourth-order valence-corrected chi connectivity index (χ4v) is 3.42. The highest BCUT2D eigenvalue weighted by Gasteiger charge is 2.21. The molecule has 39 heavy (non-hydrogen) atoms. The van der Waals surface area contributed by atoms with Crippen LogP contribution in [0.4, 0.5) is 22.4 Å². The number of hydrogen-bond acceptors (Lipinski definition) is 5. The number of carbonyl (C=O) groups is 2. The second-order valence-electron chi connectivity index (χ2n) is 8.79. The Balaban J connectivity index is 1.91. The molecule has 0 heterocycles. The number of alkyl halides is 2. The van der Waals surface area contributed by atoms with E-state index in [1.54, 1.807) is 31.2 Å². The van der Waals surface area contributed by atoms with Gasteiger partial charge in [0.15, 0.2) is 6.10 Å². The van der Waals surface area contributed by atoms with Gasteiger partial charge in [-0.3, -0.25) is 0 Å². The molecule has 0 fully saturated rings. The number of carbonyl (C=O) groups excluding carboxylic acids is 1. The number of urea groups is 1. The van der Waals surface area contributed by atoms with Gasteiger partial charge in [-0.05, 0) is 37.6 Å². The predicted molar refractivity (Wildman–Crippen MR) is 135 cm³/mol. The van der Waals surface area contributed by atoms with Gasteiger partial charge in [0.1, 0.15) is 24.0 Å². The number of ether oxygens (including phenoxy) is 3. The quantitative estimate of drug-likeness (QED) is 0.217. The maximum atomic E-state index is 13.9. The monoisotopic (exact) mass is 558 g/mol. The summed E-state index contributed by atoms with van der Waals surface area (Å²) in [7, 11) is 0. The topological polar surface area (TPSA) is 97.3 Å². The van der Waals surface area contributed by atoms with E-state index in [4.69, 9.17) is 14.2 Å². The summed E-state index contributed by atoms with van der Waals surface area (Å²) in [6.07, 6.45) is -1.22. The lowest BCUT2D eigenvalue weighted by Gasteiger charge is -2.23. The first-order valence-electron chi connectivity index (χ1n) is 12.5. The molecule has 0 aliphatic heterocycles. The molecule has 12 heteroatoms. The Bertz CT molecular complexity index is 1050. The first-order chi connectivity index (χ1) is 18.5. The fourth-order valence-electron chi connectivity index (χ4n) is 3.42. The maximum Gasteiger partial charge on any atom is 0.333 e. The van der Waals surface area contributed by atoms with Crippen LogP contribution >= 0.6 is 0 Å². The molecular weight excluding hydrogens is 524 g/mol. The van der Waals surface area contributed by atoms with E-state index in [0.29, 0.717) is 11.8 Å². The number of carboxylic acid groups (broad SMARTS) is 1. The maximum absolute atomic E-state index is 13.9. The zero-order chi connectivity index (χ0) is 28.8. The van der Waals surface area contributed by atoms with Crippen molar-refractivity contribution in [1.82, 2.24) is 10.2 Å². The molecule has 0 aromatic heterocycles. The third kappa shape index (κ3) is 12.3. The van der Waals surface area contributed by atoms with Crippen molar-refractivity contribution in [1.29, 1.82) is 0 Å². The normalized spacial score (nSPS) is 12.2. The molecule has 0 aliphatic rings. The lowest BCUT2D eigenvalue weighted by Crippen LogP contribution is -2.43. The highest BCUT2D eigenvalue weighted by atomic mass is 19.3. The summed E-state index contributed by atoms with van der Waals surface area (Å²) in [5, 5.41) is 11.8. The predicted octanol–water partition coefficient (Wildman–Crippen LogP) is 4.65. The number of hydrogen-bond donors (Lipinski definition) is 2. The standard InChI is InChI=1S/C27H34F4N2O6/c1-3-38-24(25(34)35)16-19-4-8-22(9-5-19)39-15-12-33(11-14-37-13-10-27(2,30)31)26(36)32-18-20-6-7-21(28)17-23(20)29/h4-9,17,24H,3,10-16,18H2,1-2H3,(H,32,36)(H,34,35). The van der Waals surface area contributed by atoms with E-state index in [2.05, 4.69) is 5.32 Å². The fraction of sp³-hybridized carbons (Fsp3) is 0.481. The smallest absolute Gasteiger partial charge is 0.333 e. The Morgan fingerprint density at radius 2 is 1.74 bits per heavy atom. The number of amides is 2. The molecule has 0 bridgehead atoms. The number of halogens is 4. The lowest BCUT2D eigenvalue weighted by molar-refractivity contribution is -0.149. The lowest BCUT2D eigenvalue weighted by atomic mass is 10.1. The number of aliphatic carboxylic acids is 1. The average molecular weight is 559 g/mol. The zero-order valence-electron chi connectivity index (χ0n) is 21.9. The van der Waals surface area contributed by atoms with E-state index in [0.717, 1.165) is 18.6 Å². The minimum Gasteiger partial charge on any atom is -0.492 e. The van der Waals surface area contributed by atoms with Crippen LogP contribution in [0.3, 0.4) is 0 Å². The highest BCUT2D eigenvalue weighted by Crippen LogP contribution is 2.17. The van der Waals surface area contributed by atoms with Crippen LogP contribution in [0.5, 0.6) is 5.75 Å². The van der Waals surface area contributed by atoms with Gasteiger partial charge in [-0.15, -0.1) is 0 Å². The van der Waals surface area contributed by atoms with Gasteiger partial charge in [-0.25, -0.2) is 27.2 Å². The zero-order valence-corrected chi connectivity index (χ0v) is 21.9. The van der Waals surface area contributed by atoms with Crippen LogP contribution in [0.25, 0.3) is 0 Å². The molecule has 0 saturated carbocycles. The minimum atomic E-state index is -2.86. The van der Waals surface area contributed by atoms with Gasteiger partial charge >= 0.3 is 12.0 Å². The van der Waals surface area contributed by atoms with Crippen LogP contribution in [0.1, 0.15) is 31.4 Å². The molecule has 1 atom stereocenters. The molecule has 2 amide bonds. The Morgan fingerprint density at radius 3 is 2.36 bits per heavy atom. The molecule has 2 N–H and O–H groups in total. The molecule has 8 nitrogen and oxygen atoms in total. The number of carboxylic acids is 1. The Hall–Kier alpha value is -3.38. The SMILES string of the molecule is CCOC(Cc1ccc(OCCN(CCOCCC(C)(F)F)C(=O)NCc2ccc(F)cc2F)cc1)C(=O)O. The second-order valence-corrected chi connectivity index (χ2v) is 8.79. The molecule has 1 unspecified atom stereocenters. The van der Waals surface area contributed by atoms with Crippen LogP contribution in [-0.2, 0) is 27.2 Å². The van der Waals surface area contributed by atoms with E-state index in [1.165, 1.54) is 11.0 Å². The molecule has 2 aromatic rings. The van der Waals surface area contributed by atoms with Gasteiger partial charge in [-0.1, -0.05) is 18.2 Å². The average Bonchev–Trinajstić information content (AvgIpc) is 2.86. The molecule has 0 aliphatic carbocycles. The van der Waals surface area contributed by atoms with Gasteiger partial charge < -0.3 is 29.5 Å². The molecule has 0 spiro atoms. The van der Waals surface area contributed by atoms with E-state index < -0.39 is 42.1 Å². The van der Waals surface area contributed by atoms with Gasteiger partial charge in [0.2, 0.25) is 5.92 Å². The summed E-state index contributed by atoms with van der Waals surface area (Å²) < 4.78 is 69.2. The van der Waals surface area contributed by atoms with Crippen LogP contribution in [0.15, 0.2) is 42.5 Å². The van der Waals surface area contributed by atoms with Gasteiger partial charge in [0.05, 0.1) is 19.8 Å². The molecule has 0 saturated heterocycles. The second kappa shape index (κ2) is 15.9. The van der Waals surface area contributed by atoms with E-state index in [-0.39, 0.29) is 58.0 Å². The summed E-state index contributed by atoms with van der Waals surface area (Å²) in [6, 6.07) is 9.20. The van der Waals surface area contributed by atoms with Crippen LogP contribution in [0, 0.1) is 11.6 Å². The minimum absolute atomic E-state index is 0.00627. The van der Waals surface area contributed by atoms with E-state index in [9.17, 15) is 32.3 Å². The molecule has 0 radical (unpaired) electrons. The first-order valence-corrected chi connectivity index (χ1v) is 12.5. The summed E-state index contributed by atoms with van der Waals surface area (Å²) in [4.78, 5) is 25.3. The van der Waals surface area contributed by atoms with Crippen molar-refractivity contribution in [3.05, 3.63) is 65.2 Å². The van der Waals surface area contributed by atoms with E-state index in [1.807, 2.05) is 0 Å². The highest BCUT2D eigenvalue weighted by molar-refractivity contribution is 5.74. The van der Waals surface area contributed by atoms with Crippen LogP contribution in [-0.4, -0.2) is 73.6 Å². The third-order valence-electron chi connectivity index (χ3n) is 5.54. The van der Waals surface area contributed by atoms with Crippen molar-refractivity contribution in [2.24, 2.45) is 0 Å². The molecular formula is C27H34F4N2O6.